The van der Waals surface area contributed by atoms with Crippen molar-refractivity contribution >= 4 is 6.21 Å². The standard InChI is InChI=1S/C13H15N/c1-2-6-11-10(5-1)9-14-13-8-4-3-7-12(11)13/h1-2,5-6,9,12-13H,3-4,7-8H2. The molecule has 0 bridgehead atoms. The monoisotopic (exact) mass is 185 g/mol. The molecule has 1 fully saturated rings. The third-order valence-corrected chi connectivity index (χ3v) is 3.53. The Hall–Kier alpha value is -1.11. The van der Waals surface area contributed by atoms with E-state index in [4.69, 9.17) is 0 Å². The van der Waals surface area contributed by atoms with Gasteiger partial charge in [-0.3, -0.25) is 4.99 Å². The van der Waals surface area contributed by atoms with Crippen LogP contribution in [0.3, 0.4) is 0 Å². The molecule has 1 aromatic carbocycles. The summed E-state index contributed by atoms with van der Waals surface area (Å²) >= 11 is 0. The number of rotatable bonds is 0. The first-order valence-electron chi connectivity index (χ1n) is 5.57. The molecule has 0 spiro atoms. The first-order valence-corrected chi connectivity index (χ1v) is 5.57. The van der Waals surface area contributed by atoms with Gasteiger partial charge in [-0.2, -0.15) is 0 Å². The van der Waals surface area contributed by atoms with Crippen molar-refractivity contribution in [3.8, 4) is 0 Å². The molecule has 2 aliphatic rings. The van der Waals surface area contributed by atoms with Gasteiger partial charge < -0.3 is 0 Å². The van der Waals surface area contributed by atoms with Gasteiger partial charge in [0.15, 0.2) is 0 Å². The number of fused-ring (bicyclic) bond motifs is 3. The van der Waals surface area contributed by atoms with E-state index < -0.39 is 0 Å². The van der Waals surface area contributed by atoms with Crippen LogP contribution in [0.5, 0.6) is 0 Å². The van der Waals surface area contributed by atoms with Crippen LogP contribution in [0, 0.1) is 0 Å². The zero-order valence-electron chi connectivity index (χ0n) is 8.32. The Balaban J connectivity index is 2.05. The summed E-state index contributed by atoms with van der Waals surface area (Å²) in [5.74, 6) is 0.713. The molecule has 2 atom stereocenters. The maximum absolute atomic E-state index is 4.67. The lowest BCUT2D eigenvalue weighted by Gasteiger charge is -2.32. The molecule has 14 heavy (non-hydrogen) atoms. The van der Waals surface area contributed by atoms with Gasteiger partial charge in [-0.25, -0.2) is 0 Å². The van der Waals surface area contributed by atoms with E-state index in [-0.39, 0.29) is 0 Å². The molecule has 72 valence electrons. The third-order valence-electron chi connectivity index (χ3n) is 3.53. The second kappa shape index (κ2) is 3.23. The van der Waals surface area contributed by atoms with Gasteiger partial charge in [0.2, 0.25) is 0 Å². The van der Waals surface area contributed by atoms with E-state index in [0.717, 1.165) is 0 Å². The van der Waals surface area contributed by atoms with Crippen molar-refractivity contribution in [1.29, 1.82) is 0 Å². The zero-order chi connectivity index (χ0) is 9.38. The predicted molar refractivity (Wildman–Crippen MR) is 59.0 cm³/mol. The Morgan fingerprint density at radius 1 is 1.07 bits per heavy atom. The molecule has 0 N–H and O–H groups in total. The molecule has 1 aromatic rings. The van der Waals surface area contributed by atoms with Gasteiger partial charge in [0.1, 0.15) is 0 Å². The van der Waals surface area contributed by atoms with Crippen LogP contribution in [0.15, 0.2) is 29.3 Å². The molecule has 1 heterocycles. The lowest BCUT2D eigenvalue weighted by molar-refractivity contribution is 0.384. The van der Waals surface area contributed by atoms with Gasteiger partial charge in [-0.15, -0.1) is 0 Å². The molecule has 3 rings (SSSR count). The average Bonchev–Trinajstić information content (AvgIpc) is 2.29. The molecule has 0 saturated heterocycles. The molecule has 1 aliphatic carbocycles. The normalized spacial score (nSPS) is 29.4. The summed E-state index contributed by atoms with van der Waals surface area (Å²) < 4.78 is 0. The summed E-state index contributed by atoms with van der Waals surface area (Å²) in [5.41, 5.74) is 2.88. The molecule has 1 aliphatic heterocycles. The quantitative estimate of drug-likeness (QED) is 0.588. The summed E-state index contributed by atoms with van der Waals surface area (Å²) in [6, 6.07) is 9.31. The maximum Gasteiger partial charge on any atom is 0.0568 e. The summed E-state index contributed by atoms with van der Waals surface area (Å²) in [5, 5.41) is 0. The highest BCUT2D eigenvalue weighted by Gasteiger charge is 2.29. The highest BCUT2D eigenvalue weighted by Crippen LogP contribution is 2.38. The van der Waals surface area contributed by atoms with Crippen molar-refractivity contribution in [2.75, 3.05) is 0 Å². The Morgan fingerprint density at radius 2 is 1.93 bits per heavy atom. The van der Waals surface area contributed by atoms with Crippen molar-refractivity contribution in [2.45, 2.75) is 37.6 Å². The fraction of sp³-hybridized carbons (Fsp3) is 0.462. The summed E-state index contributed by atoms with van der Waals surface area (Å²) in [7, 11) is 0. The minimum absolute atomic E-state index is 0.582. The molecular weight excluding hydrogens is 170 g/mol. The SMILES string of the molecule is C1=NC2CCCCC2c2ccccc21. The van der Waals surface area contributed by atoms with Crippen molar-refractivity contribution in [1.82, 2.24) is 0 Å². The Morgan fingerprint density at radius 3 is 2.93 bits per heavy atom. The summed E-state index contributed by atoms with van der Waals surface area (Å²) in [6.07, 6.45) is 7.43. The molecular formula is C13H15N. The average molecular weight is 185 g/mol. The predicted octanol–water partition coefficient (Wildman–Crippen LogP) is 3.15. The molecule has 1 nitrogen and oxygen atoms in total. The van der Waals surface area contributed by atoms with E-state index in [0.29, 0.717) is 12.0 Å². The molecule has 1 saturated carbocycles. The molecule has 2 unspecified atom stereocenters. The van der Waals surface area contributed by atoms with Crippen LogP contribution >= 0.6 is 0 Å². The fourth-order valence-corrected chi connectivity index (χ4v) is 2.79. The third kappa shape index (κ3) is 1.19. The topological polar surface area (TPSA) is 12.4 Å². The smallest absolute Gasteiger partial charge is 0.0568 e. The van der Waals surface area contributed by atoms with Crippen molar-refractivity contribution < 1.29 is 0 Å². The zero-order valence-corrected chi connectivity index (χ0v) is 8.32. The first-order chi connectivity index (χ1) is 6.95. The second-order valence-corrected chi connectivity index (χ2v) is 4.37. The number of aliphatic imine (C=N–C) groups is 1. The van der Waals surface area contributed by atoms with Crippen LogP contribution in [0.2, 0.25) is 0 Å². The lowest BCUT2D eigenvalue weighted by Crippen LogP contribution is -2.25. The van der Waals surface area contributed by atoms with E-state index in [2.05, 4.69) is 35.5 Å². The van der Waals surface area contributed by atoms with Gasteiger partial charge in [-0.05, 0) is 24.0 Å². The number of hydrogen-bond donors (Lipinski definition) is 0. The Kier molecular flexibility index (Phi) is 1.90. The number of hydrogen-bond acceptors (Lipinski definition) is 1. The van der Waals surface area contributed by atoms with Gasteiger partial charge in [0, 0.05) is 12.1 Å². The molecule has 0 amide bonds. The minimum atomic E-state index is 0.582. The second-order valence-electron chi connectivity index (χ2n) is 4.37. The molecule has 0 aromatic heterocycles. The van der Waals surface area contributed by atoms with E-state index in [9.17, 15) is 0 Å². The Bertz CT molecular complexity index is 367. The van der Waals surface area contributed by atoms with Gasteiger partial charge in [0.05, 0.1) is 6.04 Å². The largest absolute Gasteiger partial charge is 0.289 e. The summed E-state index contributed by atoms with van der Waals surface area (Å²) in [6.45, 7) is 0. The maximum atomic E-state index is 4.67. The van der Waals surface area contributed by atoms with Crippen LogP contribution in [-0.4, -0.2) is 12.3 Å². The van der Waals surface area contributed by atoms with E-state index >= 15 is 0 Å². The van der Waals surface area contributed by atoms with E-state index in [1.165, 1.54) is 36.8 Å². The highest BCUT2D eigenvalue weighted by molar-refractivity contribution is 5.83. The first kappa shape index (κ1) is 8.22. The van der Waals surface area contributed by atoms with Crippen LogP contribution in [0.4, 0.5) is 0 Å². The summed E-state index contributed by atoms with van der Waals surface area (Å²) in [4.78, 5) is 4.67. The van der Waals surface area contributed by atoms with Crippen LogP contribution in [-0.2, 0) is 0 Å². The van der Waals surface area contributed by atoms with Crippen molar-refractivity contribution in [3.05, 3.63) is 35.4 Å². The lowest BCUT2D eigenvalue weighted by atomic mass is 9.77. The van der Waals surface area contributed by atoms with Crippen LogP contribution in [0.1, 0.15) is 42.7 Å². The molecule has 0 radical (unpaired) electrons. The number of nitrogens with zero attached hydrogens (tertiary/aromatic N) is 1. The van der Waals surface area contributed by atoms with Gasteiger partial charge >= 0.3 is 0 Å². The minimum Gasteiger partial charge on any atom is -0.289 e. The van der Waals surface area contributed by atoms with Gasteiger partial charge in [0.25, 0.3) is 0 Å². The van der Waals surface area contributed by atoms with Crippen molar-refractivity contribution in [2.24, 2.45) is 4.99 Å². The van der Waals surface area contributed by atoms with Crippen LogP contribution < -0.4 is 0 Å². The van der Waals surface area contributed by atoms with E-state index in [1.807, 2.05) is 0 Å². The highest BCUT2D eigenvalue weighted by atomic mass is 14.8. The van der Waals surface area contributed by atoms with Crippen LogP contribution in [0.25, 0.3) is 0 Å². The fourth-order valence-electron chi connectivity index (χ4n) is 2.79. The van der Waals surface area contributed by atoms with Crippen molar-refractivity contribution in [3.63, 3.8) is 0 Å². The molecule has 1 heteroatoms. The van der Waals surface area contributed by atoms with E-state index in [1.54, 1.807) is 0 Å². The Labute approximate surface area is 84.9 Å². The van der Waals surface area contributed by atoms with Gasteiger partial charge in [-0.1, -0.05) is 37.1 Å². The number of benzene rings is 1.